The highest BCUT2D eigenvalue weighted by Crippen LogP contribution is 2.17. The SMILES string of the molecule is CCOC(=O)c1ccc(C(=O)C(C(C)=O)C(=O)OC(C)(C)C)[nH]1. The highest BCUT2D eigenvalue weighted by molar-refractivity contribution is 6.21. The summed E-state index contributed by atoms with van der Waals surface area (Å²) in [6.45, 7) is 7.90. The van der Waals surface area contributed by atoms with E-state index in [0.29, 0.717) is 0 Å². The third-order valence-corrected chi connectivity index (χ3v) is 2.76. The molecule has 0 saturated heterocycles. The van der Waals surface area contributed by atoms with Crippen molar-refractivity contribution in [2.75, 3.05) is 6.61 Å². The summed E-state index contributed by atoms with van der Waals surface area (Å²) in [6, 6.07) is 2.69. The molecule has 0 bridgehead atoms. The number of carbonyl (C=O) groups is 4. The van der Waals surface area contributed by atoms with E-state index in [0.717, 1.165) is 6.92 Å². The second-order valence-electron chi connectivity index (χ2n) is 5.95. The first-order chi connectivity index (χ1) is 10.6. The molecule has 0 fully saturated rings. The van der Waals surface area contributed by atoms with E-state index in [1.807, 2.05) is 0 Å². The van der Waals surface area contributed by atoms with Crippen LogP contribution in [0.25, 0.3) is 0 Å². The van der Waals surface area contributed by atoms with Crippen LogP contribution in [-0.2, 0) is 19.1 Å². The number of H-pyrrole nitrogens is 1. The summed E-state index contributed by atoms with van der Waals surface area (Å²) in [5, 5.41) is 0. The lowest BCUT2D eigenvalue weighted by Crippen LogP contribution is -2.36. The highest BCUT2D eigenvalue weighted by Gasteiger charge is 2.36. The Labute approximate surface area is 134 Å². The van der Waals surface area contributed by atoms with Crippen LogP contribution < -0.4 is 0 Å². The molecule has 7 nitrogen and oxygen atoms in total. The molecule has 0 saturated carbocycles. The average molecular weight is 323 g/mol. The minimum atomic E-state index is -1.57. The number of rotatable bonds is 6. The molecule has 1 aromatic heterocycles. The van der Waals surface area contributed by atoms with Crippen LogP contribution in [0.1, 0.15) is 55.6 Å². The summed E-state index contributed by atoms with van der Waals surface area (Å²) in [7, 11) is 0. The summed E-state index contributed by atoms with van der Waals surface area (Å²) in [5.41, 5.74) is -0.780. The fourth-order valence-corrected chi connectivity index (χ4v) is 1.84. The Morgan fingerprint density at radius 3 is 2.17 bits per heavy atom. The quantitative estimate of drug-likeness (QED) is 0.487. The van der Waals surface area contributed by atoms with Crippen molar-refractivity contribution in [3.05, 3.63) is 23.5 Å². The number of ether oxygens (including phenoxy) is 2. The smallest absolute Gasteiger partial charge is 0.354 e. The van der Waals surface area contributed by atoms with Crippen molar-refractivity contribution < 1.29 is 28.7 Å². The van der Waals surface area contributed by atoms with Crippen molar-refractivity contribution in [2.24, 2.45) is 5.92 Å². The van der Waals surface area contributed by atoms with Gasteiger partial charge in [-0.3, -0.25) is 14.4 Å². The number of hydrogen-bond donors (Lipinski definition) is 1. The van der Waals surface area contributed by atoms with Gasteiger partial charge in [0.05, 0.1) is 12.3 Å². The molecule has 0 aliphatic carbocycles. The van der Waals surface area contributed by atoms with Gasteiger partial charge in [-0.1, -0.05) is 0 Å². The van der Waals surface area contributed by atoms with Crippen LogP contribution in [0.3, 0.4) is 0 Å². The summed E-state index contributed by atoms with van der Waals surface area (Å²) < 4.78 is 9.91. The molecule has 126 valence electrons. The van der Waals surface area contributed by atoms with Gasteiger partial charge in [0.1, 0.15) is 11.3 Å². The van der Waals surface area contributed by atoms with Gasteiger partial charge in [0.25, 0.3) is 0 Å². The van der Waals surface area contributed by atoms with E-state index in [2.05, 4.69) is 4.98 Å². The number of carbonyl (C=O) groups excluding carboxylic acids is 4. The van der Waals surface area contributed by atoms with Crippen LogP contribution >= 0.6 is 0 Å². The maximum atomic E-state index is 12.4. The van der Waals surface area contributed by atoms with Crippen LogP contribution in [0.5, 0.6) is 0 Å². The van der Waals surface area contributed by atoms with E-state index >= 15 is 0 Å². The largest absolute Gasteiger partial charge is 0.461 e. The molecule has 1 unspecified atom stereocenters. The maximum Gasteiger partial charge on any atom is 0.354 e. The molecule has 0 aromatic carbocycles. The number of aromatic amines is 1. The zero-order valence-electron chi connectivity index (χ0n) is 13.9. The summed E-state index contributed by atoms with van der Waals surface area (Å²) in [4.78, 5) is 50.3. The summed E-state index contributed by atoms with van der Waals surface area (Å²) >= 11 is 0. The third-order valence-electron chi connectivity index (χ3n) is 2.76. The highest BCUT2D eigenvalue weighted by atomic mass is 16.6. The molecule has 1 rings (SSSR count). The van der Waals surface area contributed by atoms with Crippen LogP contribution in [-0.4, -0.2) is 40.7 Å². The van der Waals surface area contributed by atoms with E-state index < -0.39 is 35.0 Å². The minimum Gasteiger partial charge on any atom is -0.461 e. The second kappa shape index (κ2) is 7.21. The molecule has 0 aliphatic heterocycles. The molecule has 7 heteroatoms. The molecule has 23 heavy (non-hydrogen) atoms. The molecule has 1 heterocycles. The van der Waals surface area contributed by atoms with Crippen LogP contribution in [0, 0.1) is 5.92 Å². The van der Waals surface area contributed by atoms with Crippen molar-refractivity contribution in [3.63, 3.8) is 0 Å². The standard InChI is InChI=1S/C16H21NO6/c1-6-22-14(20)11-8-7-10(17-11)13(19)12(9(2)18)15(21)23-16(3,4)5/h7-8,12,17H,6H2,1-5H3. The van der Waals surface area contributed by atoms with Crippen molar-refractivity contribution in [1.29, 1.82) is 0 Å². The Bertz CT molecular complexity index is 623. The normalized spacial score (nSPS) is 12.4. The van der Waals surface area contributed by atoms with E-state index in [1.165, 1.54) is 12.1 Å². The number of esters is 2. The molecule has 0 amide bonds. The number of hydrogen-bond acceptors (Lipinski definition) is 6. The first-order valence-corrected chi connectivity index (χ1v) is 7.20. The Hall–Kier alpha value is -2.44. The fraction of sp³-hybridized carbons (Fsp3) is 0.500. The molecule has 0 spiro atoms. The van der Waals surface area contributed by atoms with Gasteiger partial charge < -0.3 is 14.5 Å². The molecule has 1 aromatic rings. The van der Waals surface area contributed by atoms with Crippen molar-refractivity contribution >= 4 is 23.5 Å². The molecular formula is C16H21NO6. The van der Waals surface area contributed by atoms with Crippen LogP contribution in [0.4, 0.5) is 0 Å². The summed E-state index contributed by atoms with van der Waals surface area (Å²) in [5.74, 6) is -4.48. The van der Waals surface area contributed by atoms with Crippen molar-refractivity contribution in [1.82, 2.24) is 4.98 Å². The lowest BCUT2D eigenvalue weighted by Gasteiger charge is -2.22. The second-order valence-corrected chi connectivity index (χ2v) is 5.95. The molecular weight excluding hydrogens is 302 g/mol. The molecule has 0 radical (unpaired) electrons. The van der Waals surface area contributed by atoms with Crippen LogP contribution in [0.2, 0.25) is 0 Å². The minimum absolute atomic E-state index is 0.0286. The zero-order chi connectivity index (χ0) is 17.8. The Kier molecular flexibility index (Phi) is 5.84. The Morgan fingerprint density at radius 2 is 1.70 bits per heavy atom. The van der Waals surface area contributed by atoms with E-state index in [4.69, 9.17) is 9.47 Å². The topological polar surface area (TPSA) is 103 Å². The van der Waals surface area contributed by atoms with Gasteiger partial charge in [0, 0.05) is 0 Å². The van der Waals surface area contributed by atoms with E-state index in [-0.39, 0.29) is 18.0 Å². The number of ketones is 2. The molecule has 0 aliphatic rings. The third kappa shape index (κ3) is 5.05. The van der Waals surface area contributed by atoms with Crippen molar-refractivity contribution in [3.8, 4) is 0 Å². The van der Waals surface area contributed by atoms with Gasteiger partial charge >= 0.3 is 11.9 Å². The average Bonchev–Trinajstić information content (AvgIpc) is 2.85. The van der Waals surface area contributed by atoms with Gasteiger partial charge in [0.15, 0.2) is 11.7 Å². The lowest BCUT2D eigenvalue weighted by molar-refractivity contribution is -0.159. The number of Topliss-reactive ketones (excluding diaryl/α,β-unsaturated/α-hetero) is 2. The first kappa shape index (κ1) is 18.6. The number of nitrogens with one attached hydrogen (secondary N) is 1. The van der Waals surface area contributed by atoms with Gasteiger partial charge in [0.2, 0.25) is 5.78 Å². The lowest BCUT2D eigenvalue weighted by atomic mass is 9.97. The van der Waals surface area contributed by atoms with Gasteiger partial charge in [-0.2, -0.15) is 0 Å². The Morgan fingerprint density at radius 1 is 1.13 bits per heavy atom. The fourth-order valence-electron chi connectivity index (χ4n) is 1.84. The Balaban J connectivity index is 3.01. The van der Waals surface area contributed by atoms with Crippen LogP contribution in [0.15, 0.2) is 12.1 Å². The van der Waals surface area contributed by atoms with E-state index in [9.17, 15) is 19.2 Å². The van der Waals surface area contributed by atoms with Gasteiger partial charge in [-0.25, -0.2) is 4.79 Å². The van der Waals surface area contributed by atoms with Crippen molar-refractivity contribution in [2.45, 2.75) is 40.2 Å². The molecule has 1 N–H and O–H groups in total. The zero-order valence-corrected chi connectivity index (χ0v) is 13.9. The van der Waals surface area contributed by atoms with Gasteiger partial charge in [-0.05, 0) is 46.8 Å². The van der Waals surface area contributed by atoms with Gasteiger partial charge in [-0.15, -0.1) is 0 Å². The summed E-state index contributed by atoms with van der Waals surface area (Å²) in [6.07, 6.45) is 0. The predicted octanol–water partition coefficient (Wildman–Crippen LogP) is 1.92. The maximum absolute atomic E-state index is 12.4. The monoisotopic (exact) mass is 323 g/mol. The first-order valence-electron chi connectivity index (χ1n) is 7.20. The molecule has 1 atom stereocenters. The number of aromatic nitrogens is 1. The van der Waals surface area contributed by atoms with E-state index in [1.54, 1.807) is 27.7 Å². The predicted molar refractivity (Wildman–Crippen MR) is 81.1 cm³/mol.